The number of nitrogens with one attached hydrogen (secondary N) is 1. The number of amides is 2. The molecule has 0 aliphatic carbocycles. The molecule has 272 valence electrons. The Hall–Kier alpha value is -5.92. The van der Waals surface area contributed by atoms with E-state index in [0.29, 0.717) is 37.3 Å². The van der Waals surface area contributed by atoms with Crippen LogP contribution < -0.4 is 10.2 Å². The number of aliphatic carboxylic acids is 2. The van der Waals surface area contributed by atoms with Crippen molar-refractivity contribution in [2.75, 3.05) is 17.3 Å². The molecule has 4 aromatic carbocycles. The number of likely N-dealkylation sites (N-methyl/N-ethyl adjacent to an activating group) is 1. The lowest BCUT2D eigenvalue weighted by Gasteiger charge is -2.16. The van der Waals surface area contributed by atoms with Crippen molar-refractivity contribution in [2.45, 2.75) is 6.42 Å². The highest BCUT2D eigenvalue weighted by Crippen LogP contribution is 2.33. The first kappa shape index (κ1) is 39.3. The lowest BCUT2D eigenvalue weighted by atomic mass is 10.0. The van der Waals surface area contributed by atoms with E-state index in [1.807, 2.05) is 60.0 Å². The van der Waals surface area contributed by atoms with Gasteiger partial charge in [-0.25, -0.2) is 14.8 Å². The average Bonchev–Trinajstić information content (AvgIpc) is 3.85. The van der Waals surface area contributed by atoms with Crippen molar-refractivity contribution in [3.05, 3.63) is 153 Å². The Bertz CT molecular complexity index is 2340. The Morgan fingerprint density at radius 2 is 1.28 bits per heavy atom. The number of nitrogens with zero attached hydrogens (tertiary/aromatic N) is 3. The van der Waals surface area contributed by atoms with E-state index in [1.54, 1.807) is 73.1 Å². The molecular weight excluding hydrogens is 768 g/mol. The molecule has 2 heterocycles. The number of halogens is 2. The van der Waals surface area contributed by atoms with Gasteiger partial charge in [0, 0.05) is 50.6 Å². The highest BCUT2D eigenvalue weighted by molar-refractivity contribution is 7.14. The van der Waals surface area contributed by atoms with Crippen molar-refractivity contribution < 1.29 is 29.4 Å². The molecule has 6 rings (SSSR count). The Labute approximate surface area is 328 Å². The van der Waals surface area contributed by atoms with Gasteiger partial charge in [0.05, 0.1) is 23.4 Å². The van der Waals surface area contributed by atoms with Crippen molar-refractivity contribution in [3.8, 4) is 22.5 Å². The third-order valence-electron chi connectivity index (χ3n) is 7.46. The zero-order chi connectivity index (χ0) is 38.6. The molecular formula is C40H30Cl2N4O6S2. The van der Waals surface area contributed by atoms with Crippen molar-refractivity contribution in [1.82, 2.24) is 9.97 Å². The maximum atomic E-state index is 12.9. The fourth-order valence-corrected chi connectivity index (χ4v) is 6.86. The SMILES string of the molecule is CN(C(=O)/C(=C\C(=O)O)c1ccccc1)c1nc(-c2ccccc2Cl)cs1.O=C(O)C/C(=C\c1ccccc1)C(=O)Nc1nc(-c2ccccc2Cl)cs1. The predicted molar refractivity (Wildman–Crippen MR) is 216 cm³/mol. The molecule has 0 saturated heterocycles. The highest BCUT2D eigenvalue weighted by Gasteiger charge is 2.22. The van der Waals surface area contributed by atoms with Gasteiger partial charge in [0.25, 0.3) is 11.8 Å². The molecule has 0 bridgehead atoms. The van der Waals surface area contributed by atoms with Crippen molar-refractivity contribution in [2.24, 2.45) is 0 Å². The molecule has 0 spiro atoms. The van der Waals surface area contributed by atoms with E-state index in [0.717, 1.165) is 22.8 Å². The van der Waals surface area contributed by atoms with Crippen molar-refractivity contribution in [1.29, 1.82) is 0 Å². The van der Waals surface area contributed by atoms with Gasteiger partial charge in [0.2, 0.25) is 0 Å². The molecule has 0 saturated carbocycles. The van der Waals surface area contributed by atoms with Crippen LogP contribution in [0.2, 0.25) is 10.0 Å². The molecule has 0 radical (unpaired) electrons. The van der Waals surface area contributed by atoms with Crippen LogP contribution in [0.25, 0.3) is 34.2 Å². The Morgan fingerprint density at radius 3 is 1.85 bits per heavy atom. The van der Waals surface area contributed by atoms with Crippen LogP contribution in [0.15, 0.2) is 132 Å². The van der Waals surface area contributed by atoms with Gasteiger partial charge in [-0.05, 0) is 29.3 Å². The molecule has 2 aromatic heterocycles. The van der Waals surface area contributed by atoms with Crippen molar-refractivity contribution in [3.63, 3.8) is 0 Å². The number of aromatic nitrogens is 2. The lowest BCUT2D eigenvalue weighted by molar-refractivity contribution is -0.137. The van der Waals surface area contributed by atoms with E-state index in [4.69, 9.17) is 33.4 Å². The van der Waals surface area contributed by atoms with Crippen LogP contribution in [0, 0.1) is 0 Å². The van der Waals surface area contributed by atoms with Gasteiger partial charge in [0.1, 0.15) is 0 Å². The summed E-state index contributed by atoms with van der Waals surface area (Å²) in [7, 11) is 1.57. The third kappa shape index (κ3) is 10.6. The molecule has 0 unspecified atom stereocenters. The monoisotopic (exact) mass is 796 g/mol. The minimum atomic E-state index is -1.19. The van der Waals surface area contributed by atoms with E-state index in [-0.39, 0.29) is 17.6 Å². The summed E-state index contributed by atoms with van der Waals surface area (Å²) in [5.41, 5.74) is 4.34. The fraction of sp³-hybridized carbons (Fsp3) is 0.0500. The number of carboxylic acids is 2. The topological polar surface area (TPSA) is 150 Å². The minimum Gasteiger partial charge on any atom is -0.481 e. The van der Waals surface area contributed by atoms with Gasteiger partial charge in [-0.15, -0.1) is 22.7 Å². The fourth-order valence-electron chi connectivity index (χ4n) is 4.90. The first-order valence-electron chi connectivity index (χ1n) is 16.0. The van der Waals surface area contributed by atoms with E-state index in [1.165, 1.54) is 27.6 Å². The van der Waals surface area contributed by atoms with Gasteiger partial charge in [0.15, 0.2) is 10.3 Å². The largest absolute Gasteiger partial charge is 0.481 e. The maximum Gasteiger partial charge on any atom is 0.329 e. The Morgan fingerprint density at radius 1 is 0.741 bits per heavy atom. The zero-order valence-corrected chi connectivity index (χ0v) is 31.5. The van der Waals surface area contributed by atoms with Crippen LogP contribution in [0.5, 0.6) is 0 Å². The summed E-state index contributed by atoms with van der Waals surface area (Å²) in [5, 5.41) is 26.5. The van der Waals surface area contributed by atoms with Crippen LogP contribution >= 0.6 is 45.9 Å². The van der Waals surface area contributed by atoms with Gasteiger partial charge >= 0.3 is 11.9 Å². The zero-order valence-electron chi connectivity index (χ0n) is 28.4. The molecule has 3 N–H and O–H groups in total. The normalized spacial score (nSPS) is 11.2. The Kier molecular flexibility index (Phi) is 13.6. The summed E-state index contributed by atoms with van der Waals surface area (Å²) in [6.45, 7) is 0. The third-order valence-corrected chi connectivity index (χ3v) is 9.80. The number of carbonyl (C=O) groups is 4. The first-order valence-corrected chi connectivity index (χ1v) is 18.5. The van der Waals surface area contributed by atoms with Crippen LogP contribution in [-0.4, -0.2) is 51.0 Å². The Balaban J connectivity index is 0.000000208. The summed E-state index contributed by atoms with van der Waals surface area (Å²) in [4.78, 5) is 58.0. The number of carboxylic acid groups (broad SMARTS) is 2. The van der Waals surface area contributed by atoms with E-state index in [9.17, 15) is 19.2 Å². The molecule has 6 aromatic rings. The summed E-state index contributed by atoms with van der Waals surface area (Å²) in [6.07, 6.45) is 2.09. The number of anilines is 2. The molecule has 0 aliphatic rings. The number of hydrogen-bond acceptors (Lipinski definition) is 8. The second-order valence-electron chi connectivity index (χ2n) is 11.2. The second kappa shape index (κ2) is 18.7. The van der Waals surface area contributed by atoms with Crippen LogP contribution in [0.1, 0.15) is 17.5 Å². The van der Waals surface area contributed by atoms with Gasteiger partial charge in [-0.3, -0.25) is 24.6 Å². The first-order chi connectivity index (χ1) is 26.0. The molecule has 0 aliphatic heterocycles. The van der Waals surface area contributed by atoms with Crippen LogP contribution in [0.3, 0.4) is 0 Å². The standard InChI is InChI=1S/2C20H15ClN2O3S/c1-23(19(26)15(11-18(24)25)13-7-3-2-4-8-13)20-22-17(12-27-20)14-9-5-6-10-16(14)21;21-16-9-5-4-8-15(16)17-12-27-20(22-17)23-19(26)14(11-18(24)25)10-13-6-2-1-3-7-13/h2-12H,1H3,(H,24,25);1-10,12H,11H2,(H,24,25)(H,22,23,26)/b15-11-;14-10+. The van der Waals surface area contributed by atoms with Crippen LogP contribution in [0.4, 0.5) is 10.3 Å². The number of carbonyl (C=O) groups excluding carboxylic acids is 2. The van der Waals surface area contributed by atoms with E-state index < -0.39 is 23.8 Å². The molecule has 10 nitrogen and oxygen atoms in total. The quantitative estimate of drug-likeness (QED) is 0.110. The number of benzene rings is 4. The number of thiazole rings is 2. The predicted octanol–water partition coefficient (Wildman–Crippen LogP) is 9.55. The smallest absolute Gasteiger partial charge is 0.329 e. The lowest BCUT2D eigenvalue weighted by Crippen LogP contribution is -2.27. The number of hydrogen-bond donors (Lipinski definition) is 3. The second-order valence-corrected chi connectivity index (χ2v) is 13.8. The van der Waals surface area contributed by atoms with Gasteiger partial charge in [-0.1, -0.05) is 120 Å². The molecule has 0 atom stereocenters. The van der Waals surface area contributed by atoms with Crippen molar-refractivity contribution >= 4 is 91.5 Å². The minimum absolute atomic E-state index is 0.0834. The molecule has 2 amide bonds. The average molecular weight is 798 g/mol. The molecule has 54 heavy (non-hydrogen) atoms. The number of rotatable bonds is 11. The van der Waals surface area contributed by atoms with Gasteiger partial charge in [-0.2, -0.15) is 0 Å². The molecule has 14 heteroatoms. The maximum absolute atomic E-state index is 12.9. The molecule has 0 fully saturated rings. The highest BCUT2D eigenvalue weighted by atomic mass is 35.5. The van der Waals surface area contributed by atoms with E-state index >= 15 is 0 Å². The summed E-state index contributed by atoms with van der Waals surface area (Å²) < 4.78 is 0. The summed E-state index contributed by atoms with van der Waals surface area (Å²) in [6, 6.07) is 32.4. The summed E-state index contributed by atoms with van der Waals surface area (Å²) >= 11 is 14.9. The van der Waals surface area contributed by atoms with E-state index in [2.05, 4.69) is 15.3 Å². The van der Waals surface area contributed by atoms with Gasteiger partial charge < -0.3 is 10.2 Å². The van der Waals surface area contributed by atoms with Crippen LogP contribution in [-0.2, 0) is 19.2 Å². The summed E-state index contributed by atoms with van der Waals surface area (Å²) in [5.74, 6) is -3.22.